The van der Waals surface area contributed by atoms with Gasteiger partial charge in [-0.2, -0.15) is 0 Å². The number of nitrogens with zero attached hydrogens (tertiary/aromatic N) is 1. The number of esters is 1. The molecule has 4 aliphatic rings. The first-order valence-corrected chi connectivity index (χ1v) is 13.0. The zero-order valence-corrected chi connectivity index (χ0v) is 21.6. The molecule has 190 valence electrons. The Labute approximate surface area is 207 Å². The smallest absolute Gasteiger partial charge is 0.408 e. The van der Waals surface area contributed by atoms with Gasteiger partial charge in [-0.1, -0.05) is 23.8 Å². The van der Waals surface area contributed by atoms with Crippen LogP contribution in [0, 0.1) is 12.8 Å². The predicted octanol–water partition coefficient (Wildman–Crippen LogP) is 3.83. The molecule has 5 rings (SSSR count). The lowest BCUT2D eigenvalue weighted by atomic mass is 9.48. The van der Waals surface area contributed by atoms with Crippen LogP contribution in [0.15, 0.2) is 18.2 Å². The number of nitrogens with one attached hydrogen (secondary N) is 1. The second-order valence-corrected chi connectivity index (χ2v) is 12.2. The Bertz CT molecular complexity index is 1060. The number of carbonyl (C=O) groups is 3. The van der Waals surface area contributed by atoms with Gasteiger partial charge in [0, 0.05) is 31.7 Å². The van der Waals surface area contributed by atoms with Crippen molar-refractivity contribution in [2.75, 3.05) is 13.1 Å². The van der Waals surface area contributed by atoms with Crippen LogP contribution in [0.2, 0.25) is 0 Å². The molecule has 35 heavy (non-hydrogen) atoms. The van der Waals surface area contributed by atoms with Crippen LogP contribution < -0.4 is 5.32 Å². The number of alkyl carbamates (subject to hydrolysis) is 1. The minimum Gasteiger partial charge on any atom is -0.457 e. The van der Waals surface area contributed by atoms with Crippen molar-refractivity contribution < 1.29 is 23.9 Å². The highest BCUT2D eigenvalue weighted by molar-refractivity contribution is 5.91. The summed E-state index contributed by atoms with van der Waals surface area (Å²) in [6, 6.07) is 5.72. The number of Topliss-reactive ketones (excluding diaryl/α,β-unsaturated/α-hetero) is 1. The highest BCUT2D eigenvalue weighted by Crippen LogP contribution is 2.59. The summed E-state index contributed by atoms with van der Waals surface area (Å²) < 4.78 is 11.9. The third-order valence-corrected chi connectivity index (χ3v) is 8.39. The fourth-order valence-electron chi connectivity index (χ4n) is 6.89. The molecule has 1 aliphatic heterocycles. The van der Waals surface area contributed by atoms with Crippen molar-refractivity contribution in [3.8, 4) is 0 Å². The molecule has 1 aromatic rings. The number of amides is 1. The van der Waals surface area contributed by atoms with Crippen molar-refractivity contribution in [2.45, 2.75) is 102 Å². The topological polar surface area (TPSA) is 84.9 Å². The van der Waals surface area contributed by atoms with Crippen molar-refractivity contribution >= 4 is 17.8 Å². The third-order valence-electron chi connectivity index (χ3n) is 8.39. The molecule has 2 saturated carbocycles. The fraction of sp³-hybridized carbons (Fsp3) is 0.679. The van der Waals surface area contributed by atoms with E-state index in [1.807, 2.05) is 0 Å². The van der Waals surface area contributed by atoms with E-state index < -0.39 is 28.8 Å². The molecule has 7 heteroatoms. The number of rotatable bonds is 4. The molecule has 0 radical (unpaired) electrons. The first-order valence-electron chi connectivity index (χ1n) is 13.0. The van der Waals surface area contributed by atoms with Gasteiger partial charge in [-0.05, 0) is 77.0 Å². The van der Waals surface area contributed by atoms with Crippen molar-refractivity contribution in [1.82, 2.24) is 10.2 Å². The molecule has 0 aromatic heterocycles. The summed E-state index contributed by atoms with van der Waals surface area (Å²) in [5, 5.41) is 2.82. The molecule has 0 spiro atoms. The summed E-state index contributed by atoms with van der Waals surface area (Å²) in [7, 11) is 0. The quantitative estimate of drug-likeness (QED) is 0.657. The first-order chi connectivity index (χ1) is 16.4. The van der Waals surface area contributed by atoms with E-state index in [4.69, 9.17) is 9.47 Å². The SMILES string of the molecule is CC(=O)O[C@@]12C[C@H](NC(=O)OC(C)(C)C)C(=O)C[C@@]13CCN(CC1CC1)[C@@H]2Cc1ccc(C)cc13. The maximum Gasteiger partial charge on any atom is 0.408 e. The van der Waals surface area contributed by atoms with Crippen LogP contribution in [-0.4, -0.2) is 59.1 Å². The van der Waals surface area contributed by atoms with E-state index in [2.05, 4.69) is 35.3 Å². The van der Waals surface area contributed by atoms with E-state index >= 15 is 0 Å². The lowest BCUT2D eigenvalue weighted by Crippen LogP contribution is -2.77. The van der Waals surface area contributed by atoms with Gasteiger partial charge in [0.1, 0.15) is 11.2 Å². The van der Waals surface area contributed by atoms with Gasteiger partial charge >= 0.3 is 12.1 Å². The van der Waals surface area contributed by atoms with Gasteiger partial charge in [0.05, 0.1) is 12.1 Å². The molecule has 2 bridgehead atoms. The molecule has 0 unspecified atom stereocenters. The number of piperidine rings is 1. The summed E-state index contributed by atoms with van der Waals surface area (Å²) in [5.74, 6) is 0.328. The van der Waals surface area contributed by atoms with Gasteiger partial charge in [0.25, 0.3) is 0 Å². The van der Waals surface area contributed by atoms with Crippen LogP contribution in [0.1, 0.15) is 76.5 Å². The van der Waals surface area contributed by atoms with Crippen LogP contribution in [-0.2, 0) is 30.9 Å². The minimum atomic E-state index is -0.889. The summed E-state index contributed by atoms with van der Waals surface area (Å²) >= 11 is 0. The molecule has 4 atom stereocenters. The third kappa shape index (κ3) is 4.26. The molecular weight excluding hydrogens is 444 g/mol. The first kappa shape index (κ1) is 24.3. The van der Waals surface area contributed by atoms with Crippen LogP contribution in [0.5, 0.6) is 0 Å². The second kappa shape index (κ2) is 8.32. The molecule has 1 saturated heterocycles. The molecule has 3 aliphatic carbocycles. The summed E-state index contributed by atoms with van der Waals surface area (Å²) in [4.78, 5) is 41.4. The number of hydrogen-bond donors (Lipinski definition) is 1. The summed E-state index contributed by atoms with van der Waals surface area (Å²) in [6.07, 6.45) is 3.90. The Morgan fingerprint density at radius 1 is 1.23 bits per heavy atom. The number of hydrogen-bond acceptors (Lipinski definition) is 6. The van der Waals surface area contributed by atoms with Gasteiger partial charge < -0.3 is 14.8 Å². The van der Waals surface area contributed by atoms with Crippen LogP contribution in [0.25, 0.3) is 0 Å². The van der Waals surface area contributed by atoms with Crippen LogP contribution in [0.3, 0.4) is 0 Å². The Morgan fingerprint density at radius 3 is 2.63 bits per heavy atom. The van der Waals surface area contributed by atoms with Gasteiger partial charge in [0.2, 0.25) is 0 Å². The number of carbonyl (C=O) groups excluding carboxylic acids is 3. The standard InChI is InChI=1S/C28H38N2O5/c1-17-6-9-20-13-24-28(34-18(2)31)14-22(29-25(33)35-26(3,4)5)23(32)15-27(28,21(20)12-17)10-11-30(24)16-19-7-8-19/h6,9,12,19,22,24H,7-8,10-11,13-16H2,1-5H3,(H,29,33)/t22-,24+,27+,28+/m0/s1. The Morgan fingerprint density at radius 2 is 1.97 bits per heavy atom. The number of ether oxygens (including phenoxy) is 2. The van der Waals surface area contributed by atoms with E-state index in [0.29, 0.717) is 5.92 Å². The van der Waals surface area contributed by atoms with Gasteiger partial charge in [-0.25, -0.2) is 4.79 Å². The van der Waals surface area contributed by atoms with Crippen molar-refractivity contribution in [3.05, 3.63) is 34.9 Å². The number of fused-ring (bicyclic) bond motifs is 1. The molecule has 1 heterocycles. The summed E-state index contributed by atoms with van der Waals surface area (Å²) in [5.41, 5.74) is 1.37. The molecule has 3 fully saturated rings. The zero-order chi connectivity index (χ0) is 25.2. The lowest BCUT2D eigenvalue weighted by molar-refractivity contribution is -0.207. The minimum absolute atomic E-state index is 0.0256. The summed E-state index contributed by atoms with van der Waals surface area (Å²) in [6.45, 7) is 10.8. The molecule has 1 N–H and O–H groups in total. The van der Waals surface area contributed by atoms with E-state index in [9.17, 15) is 14.4 Å². The molecule has 1 amide bonds. The number of ketones is 1. The number of benzene rings is 1. The number of aryl methyl sites for hydroxylation is 1. The largest absolute Gasteiger partial charge is 0.457 e. The van der Waals surface area contributed by atoms with E-state index in [0.717, 1.165) is 37.1 Å². The van der Waals surface area contributed by atoms with Crippen molar-refractivity contribution in [3.63, 3.8) is 0 Å². The zero-order valence-electron chi connectivity index (χ0n) is 21.6. The van der Waals surface area contributed by atoms with E-state index in [1.165, 1.54) is 25.3 Å². The highest BCUT2D eigenvalue weighted by atomic mass is 16.6. The lowest BCUT2D eigenvalue weighted by Gasteiger charge is -2.65. The molecular formula is C28H38N2O5. The predicted molar refractivity (Wildman–Crippen MR) is 131 cm³/mol. The molecule has 1 aromatic carbocycles. The number of likely N-dealkylation sites (tertiary alicyclic amines) is 1. The Kier molecular flexibility index (Phi) is 5.78. The van der Waals surface area contributed by atoms with Gasteiger partial charge in [0.15, 0.2) is 5.78 Å². The monoisotopic (exact) mass is 482 g/mol. The van der Waals surface area contributed by atoms with Crippen molar-refractivity contribution in [2.24, 2.45) is 5.92 Å². The van der Waals surface area contributed by atoms with Crippen molar-refractivity contribution in [1.29, 1.82) is 0 Å². The fourth-order valence-corrected chi connectivity index (χ4v) is 6.89. The maximum atomic E-state index is 13.6. The van der Waals surface area contributed by atoms with Gasteiger partial charge in [-0.15, -0.1) is 0 Å². The highest BCUT2D eigenvalue weighted by Gasteiger charge is 2.69. The van der Waals surface area contributed by atoms with Gasteiger partial charge in [-0.3, -0.25) is 14.5 Å². The average Bonchev–Trinajstić information content (AvgIpc) is 3.54. The van der Waals surface area contributed by atoms with E-state index in [-0.39, 0.29) is 30.6 Å². The van der Waals surface area contributed by atoms with Crippen LogP contribution >= 0.6 is 0 Å². The average molecular weight is 483 g/mol. The Balaban J connectivity index is 1.59. The maximum absolute atomic E-state index is 13.6. The Hall–Kier alpha value is -2.41. The molecule has 7 nitrogen and oxygen atoms in total. The normalized spacial score (nSPS) is 32.3. The van der Waals surface area contributed by atoms with Crippen LogP contribution in [0.4, 0.5) is 4.79 Å². The second-order valence-electron chi connectivity index (χ2n) is 12.2. The van der Waals surface area contributed by atoms with E-state index in [1.54, 1.807) is 20.8 Å².